The summed E-state index contributed by atoms with van der Waals surface area (Å²) in [5.74, 6) is 0.610. The lowest BCUT2D eigenvalue weighted by Crippen LogP contribution is -2.22. The standard InChI is InChI=1S/C14H21ClO3/c1-10(16)11-5-6-13(12(15)9-11)17-7-8-18-14(2,3)4/h5-6,9-10,16H,7-8H2,1-4H3/t10-/m1/s1. The van der Waals surface area contributed by atoms with Gasteiger partial charge in [0.25, 0.3) is 0 Å². The van der Waals surface area contributed by atoms with E-state index in [1.807, 2.05) is 20.8 Å². The Morgan fingerprint density at radius 1 is 1.28 bits per heavy atom. The number of rotatable bonds is 5. The molecule has 1 aromatic rings. The molecule has 0 radical (unpaired) electrons. The molecule has 0 aliphatic rings. The lowest BCUT2D eigenvalue weighted by atomic mass is 10.1. The van der Waals surface area contributed by atoms with Crippen molar-refractivity contribution in [1.82, 2.24) is 0 Å². The molecule has 0 fully saturated rings. The molecular formula is C14H21ClO3. The third-order valence-corrected chi connectivity index (χ3v) is 2.61. The normalized spacial score (nSPS) is 13.4. The Balaban J connectivity index is 2.48. The van der Waals surface area contributed by atoms with Crippen molar-refractivity contribution in [3.8, 4) is 5.75 Å². The van der Waals surface area contributed by atoms with E-state index < -0.39 is 6.10 Å². The lowest BCUT2D eigenvalue weighted by Gasteiger charge is -2.19. The van der Waals surface area contributed by atoms with Gasteiger partial charge in [-0.15, -0.1) is 0 Å². The summed E-state index contributed by atoms with van der Waals surface area (Å²) in [5.41, 5.74) is 0.613. The summed E-state index contributed by atoms with van der Waals surface area (Å²) in [6.07, 6.45) is -0.527. The molecule has 1 atom stereocenters. The van der Waals surface area contributed by atoms with Crippen molar-refractivity contribution >= 4 is 11.6 Å². The van der Waals surface area contributed by atoms with Crippen molar-refractivity contribution < 1.29 is 14.6 Å². The highest BCUT2D eigenvalue weighted by Crippen LogP contribution is 2.27. The summed E-state index contributed by atoms with van der Waals surface area (Å²) in [7, 11) is 0. The first-order valence-electron chi connectivity index (χ1n) is 6.04. The van der Waals surface area contributed by atoms with Crippen molar-refractivity contribution in [3.63, 3.8) is 0 Å². The Kier molecular flexibility index (Phi) is 5.45. The molecule has 102 valence electrons. The van der Waals surface area contributed by atoms with Crippen LogP contribution in [0.5, 0.6) is 5.75 Å². The molecular weight excluding hydrogens is 252 g/mol. The van der Waals surface area contributed by atoms with Gasteiger partial charge in [-0.25, -0.2) is 0 Å². The molecule has 0 unspecified atom stereocenters. The molecule has 1 N–H and O–H groups in total. The maximum atomic E-state index is 9.42. The number of hydrogen-bond acceptors (Lipinski definition) is 3. The van der Waals surface area contributed by atoms with E-state index in [2.05, 4.69) is 0 Å². The second-order valence-electron chi connectivity index (χ2n) is 5.18. The summed E-state index contributed by atoms with van der Waals surface area (Å²) < 4.78 is 11.1. The molecule has 18 heavy (non-hydrogen) atoms. The van der Waals surface area contributed by atoms with E-state index in [9.17, 15) is 5.11 Å². The van der Waals surface area contributed by atoms with E-state index in [0.717, 1.165) is 5.56 Å². The Labute approximate surface area is 114 Å². The van der Waals surface area contributed by atoms with E-state index >= 15 is 0 Å². The van der Waals surface area contributed by atoms with E-state index in [-0.39, 0.29) is 5.60 Å². The molecule has 3 nitrogen and oxygen atoms in total. The minimum Gasteiger partial charge on any atom is -0.490 e. The summed E-state index contributed by atoms with van der Waals surface area (Å²) in [4.78, 5) is 0. The van der Waals surface area contributed by atoms with Crippen LogP contribution >= 0.6 is 11.6 Å². The van der Waals surface area contributed by atoms with Crippen LogP contribution in [-0.2, 0) is 4.74 Å². The average Bonchev–Trinajstić information content (AvgIpc) is 2.24. The minimum absolute atomic E-state index is 0.163. The van der Waals surface area contributed by atoms with Gasteiger partial charge in [0.2, 0.25) is 0 Å². The molecule has 0 aromatic heterocycles. The summed E-state index contributed by atoms with van der Waals surface area (Å²) >= 11 is 6.07. The molecule has 0 spiro atoms. The van der Waals surface area contributed by atoms with Gasteiger partial charge in [0, 0.05) is 0 Å². The maximum absolute atomic E-state index is 9.42. The Hall–Kier alpha value is -0.770. The fraction of sp³-hybridized carbons (Fsp3) is 0.571. The molecule has 0 aliphatic heterocycles. The van der Waals surface area contributed by atoms with Crippen LogP contribution in [0.4, 0.5) is 0 Å². The van der Waals surface area contributed by atoms with Gasteiger partial charge in [0.15, 0.2) is 0 Å². The van der Waals surface area contributed by atoms with Crippen LogP contribution in [0.25, 0.3) is 0 Å². The molecule has 1 rings (SSSR count). The van der Waals surface area contributed by atoms with Gasteiger partial charge in [-0.3, -0.25) is 0 Å². The molecule has 0 heterocycles. The molecule has 0 saturated carbocycles. The number of aliphatic hydroxyl groups is 1. The highest BCUT2D eigenvalue weighted by molar-refractivity contribution is 6.32. The van der Waals surface area contributed by atoms with Gasteiger partial charge in [-0.2, -0.15) is 0 Å². The zero-order valence-corrected chi connectivity index (χ0v) is 12.1. The largest absolute Gasteiger partial charge is 0.490 e. The average molecular weight is 273 g/mol. The first-order chi connectivity index (χ1) is 8.29. The first kappa shape index (κ1) is 15.3. The minimum atomic E-state index is -0.527. The molecule has 1 aromatic carbocycles. The van der Waals surface area contributed by atoms with Crippen molar-refractivity contribution in [2.45, 2.75) is 39.4 Å². The van der Waals surface area contributed by atoms with Gasteiger partial charge < -0.3 is 14.6 Å². The van der Waals surface area contributed by atoms with Crippen LogP contribution in [-0.4, -0.2) is 23.9 Å². The molecule has 0 amide bonds. The van der Waals surface area contributed by atoms with Crippen molar-refractivity contribution in [2.75, 3.05) is 13.2 Å². The van der Waals surface area contributed by atoms with E-state index in [1.54, 1.807) is 25.1 Å². The number of benzene rings is 1. The fourth-order valence-corrected chi connectivity index (χ4v) is 1.64. The highest BCUT2D eigenvalue weighted by Gasteiger charge is 2.10. The van der Waals surface area contributed by atoms with Crippen molar-refractivity contribution in [3.05, 3.63) is 28.8 Å². The third-order valence-electron chi connectivity index (χ3n) is 2.31. The summed E-state index contributed by atoms with van der Waals surface area (Å²) in [6, 6.07) is 5.28. The van der Waals surface area contributed by atoms with E-state index in [0.29, 0.717) is 24.0 Å². The molecule has 0 bridgehead atoms. The molecule has 0 saturated heterocycles. The fourth-order valence-electron chi connectivity index (χ4n) is 1.39. The van der Waals surface area contributed by atoms with Gasteiger partial charge in [-0.1, -0.05) is 17.7 Å². The highest BCUT2D eigenvalue weighted by atomic mass is 35.5. The van der Waals surface area contributed by atoms with E-state index in [4.69, 9.17) is 21.1 Å². The van der Waals surface area contributed by atoms with Crippen LogP contribution in [0.1, 0.15) is 39.4 Å². The first-order valence-corrected chi connectivity index (χ1v) is 6.41. The van der Waals surface area contributed by atoms with E-state index in [1.165, 1.54) is 0 Å². The van der Waals surface area contributed by atoms with Crippen LogP contribution in [0.15, 0.2) is 18.2 Å². The Bertz CT molecular complexity index is 383. The molecule has 0 aliphatic carbocycles. The monoisotopic (exact) mass is 272 g/mol. The second-order valence-corrected chi connectivity index (χ2v) is 5.58. The molecule has 4 heteroatoms. The van der Waals surface area contributed by atoms with Gasteiger partial charge in [-0.05, 0) is 45.4 Å². The Morgan fingerprint density at radius 2 is 1.94 bits per heavy atom. The number of halogens is 1. The number of aliphatic hydroxyl groups excluding tert-OH is 1. The van der Waals surface area contributed by atoms with Crippen molar-refractivity contribution in [1.29, 1.82) is 0 Å². The second kappa shape index (κ2) is 6.41. The zero-order valence-electron chi connectivity index (χ0n) is 11.4. The van der Waals surface area contributed by atoms with Crippen LogP contribution in [0.3, 0.4) is 0 Å². The smallest absolute Gasteiger partial charge is 0.138 e. The van der Waals surface area contributed by atoms with Crippen LogP contribution in [0, 0.1) is 0 Å². The number of hydrogen-bond donors (Lipinski definition) is 1. The topological polar surface area (TPSA) is 38.7 Å². The van der Waals surface area contributed by atoms with Gasteiger partial charge in [0.1, 0.15) is 12.4 Å². The van der Waals surface area contributed by atoms with Crippen LogP contribution < -0.4 is 4.74 Å². The van der Waals surface area contributed by atoms with Crippen LogP contribution in [0.2, 0.25) is 5.02 Å². The van der Waals surface area contributed by atoms with Gasteiger partial charge >= 0.3 is 0 Å². The predicted octanol–water partition coefficient (Wildman–Crippen LogP) is 3.59. The number of ether oxygens (including phenoxy) is 2. The van der Waals surface area contributed by atoms with Gasteiger partial charge in [0.05, 0.1) is 23.3 Å². The Morgan fingerprint density at radius 3 is 2.44 bits per heavy atom. The summed E-state index contributed by atoms with van der Waals surface area (Å²) in [5, 5.41) is 9.93. The maximum Gasteiger partial charge on any atom is 0.138 e. The quantitative estimate of drug-likeness (QED) is 0.833. The summed E-state index contributed by atoms with van der Waals surface area (Å²) in [6.45, 7) is 8.65. The predicted molar refractivity (Wildman–Crippen MR) is 73.3 cm³/mol. The van der Waals surface area contributed by atoms with Crippen molar-refractivity contribution in [2.24, 2.45) is 0 Å². The SMILES string of the molecule is C[C@@H](O)c1ccc(OCCOC(C)(C)C)c(Cl)c1. The zero-order chi connectivity index (χ0) is 13.8. The lowest BCUT2D eigenvalue weighted by molar-refractivity contribution is -0.0162. The third kappa shape index (κ3) is 5.25.